The number of amides is 1. The summed E-state index contributed by atoms with van der Waals surface area (Å²) in [6.45, 7) is 0.774. The summed E-state index contributed by atoms with van der Waals surface area (Å²) < 4.78 is 0. The van der Waals surface area contributed by atoms with Gasteiger partial charge in [0.15, 0.2) is 0 Å². The van der Waals surface area contributed by atoms with Gasteiger partial charge in [-0.15, -0.1) is 12.4 Å². The third-order valence-electron chi connectivity index (χ3n) is 6.58. The second-order valence-electron chi connectivity index (χ2n) is 7.65. The normalized spacial score (nSPS) is 33.6. The summed E-state index contributed by atoms with van der Waals surface area (Å²) >= 11 is 0. The molecule has 3 N–H and O–H groups in total. The molecular weight excluding hydrogens is 308 g/mol. The second-order valence-corrected chi connectivity index (χ2v) is 7.65. The zero-order chi connectivity index (χ0) is 15.2. The third kappa shape index (κ3) is 2.78. The molecule has 0 aromatic heterocycles. The first-order valence-electron chi connectivity index (χ1n) is 8.78. The van der Waals surface area contributed by atoms with Crippen molar-refractivity contribution in [2.75, 3.05) is 6.54 Å². The van der Waals surface area contributed by atoms with Crippen molar-refractivity contribution in [2.45, 2.75) is 50.0 Å². The van der Waals surface area contributed by atoms with E-state index in [9.17, 15) is 4.79 Å². The molecule has 3 fully saturated rings. The lowest BCUT2D eigenvalue weighted by atomic mass is 9.64. The van der Waals surface area contributed by atoms with E-state index in [1.165, 1.54) is 44.1 Å². The highest BCUT2D eigenvalue weighted by Crippen LogP contribution is 2.48. The highest BCUT2D eigenvalue weighted by molar-refractivity contribution is 5.85. The third-order valence-corrected chi connectivity index (χ3v) is 6.58. The van der Waals surface area contributed by atoms with E-state index in [0.29, 0.717) is 11.8 Å². The monoisotopic (exact) mass is 334 g/mol. The molecule has 4 atom stereocenters. The van der Waals surface area contributed by atoms with Crippen molar-refractivity contribution in [1.29, 1.82) is 0 Å². The molecule has 126 valence electrons. The smallest absolute Gasteiger partial charge is 0.224 e. The summed E-state index contributed by atoms with van der Waals surface area (Å²) in [5.74, 6) is 1.40. The molecule has 4 heteroatoms. The number of nitrogens with two attached hydrogens (primary N) is 1. The van der Waals surface area contributed by atoms with Crippen LogP contribution in [0, 0.1) is 17.8 Å². The number of hydrogen-bond acceptors (Lipinski definition) is 2. The molecule has 0 spiro atoms. The van der Waals surface area contributed by atoms with E-state index in [1.54, 1.807) is 0 Å². The number of benzene rings is 1. The van der Waals surface area contributed by atoms with Crippen LogP contribution in [0.5, 0.6) is 0 Å². The molecule has 0 aliphatic heterocycles. The number of carbonyl (C=O) groups excluding carboxylic acids is 1. The zero-order valence-electron chi connectivity index (χ0n) is 13.5. The Morgan fingerprint density at radius 1 is 1.17 bits per heavy atom. The molecule has 3 aliphatic carbocycles. The van der Waals surface area contributed by atoms with Gasteiger partial charge in [-0.1, -0.05) is 36.8 Å². The molecule has 0 radical (unpaired) electrons. The number of nitrogens with one attached hydrogen (secondary N) is 1. The molecule has 0 saturated heterocycles. The topological polar surface area (TPSA) is 55.1 Å². The Balaban J connectivity index is 0.00000156. The van der Waals surface area contributed by atoms with Crippen molar-refractivity contribution >= 4 is 18.3 Å². The molecule has 1 amide bonds. The Bertz CT molecular complexity index is 556. The quantitative estimate of drug-likeness (QED) is 0.889. The fourth-order valence-electron chi connectivity index (χ4n) is 5.06. The first-order valence-corrected chi connectivity index (χ1v) is 8.78. The van der Waals surface area contributed by atoms with Crippen molar-refractivity contribution in [3.63, 3.8) is 0 Å². The molecular formula is C19H27ClN2O. The van der Waals surface area contributed by atoms with E-state index in [0.717, 1.165) is 6.54 Å². The van der Waals surface area contributed by atoms with Crippen LogP contribution in [-0.4, -0.2) is 18.5 Å². The van der Waals surface area contributed by atoms with Gasteiger partial charge in [-0.2, -0.15) is 0 Å². The molecule has 23 heavy (non-hydrogen) atoms. The summed E-state index contributed by atoms with van der Waals surface area (Å²) in [4.78, 5) is 12.7. The molecule has 3 nitrogen and oxygen atoms in total. The highest BCUT2D eigenvalue weighted by atomic mass is 35.5. The lowest BCUT2D eigenvalue weighted by molar-refractivity contribution is -0.127. The average Bonchev–Trinajstić information content (AvgIpc) is 3.08. The van der Waals surface area contributed by atoms with Crippen LogP contribution in [0.1, 0.15) is 44.1 Å². The maximum absolute atomic E-state index is 12.7. The number of fused-ring (bicyclic) bond motifs is 2. The maximum atomic E-state index is 12.7. The average molecular weight is 335 g/mol. The van der Waals surface area contributed by atoms with Crippen molar-refractivity contribution in [3.8, 4) is 0 Å². The summed E-state index contributed by atoms with van der Waals surface area (Å²) in [7, 11) is 0. The van der Waals surface area contributed by atoms with Gasteiger partial charge in [-0.25, -0.2) is 0 Å². The Morgan fingerprint density at radius 3 is 2.43 bits per heavy atom. The minimum Gasteiger partial charge on any atom is -0.355 e. The molecule has 2 bridgehead atoms. The molecule has 3 saturated carbocycles. The van der Waals surface area contributed by atoms with E-state index in [1.807, 2.05) is 0 Å². The largest absolute Gasteiger partial charge is 0.355 e. The van der Waals surface area contributed by atoms with E-state index >= 15 is 0 Å². The van der Waals surface area contributed by atoms with Gasteiger partial charge in [0.2, 0.25) is 5.91 Å². The number of halogens is 1. The van der Waals surface area contributed by atoms with Crippen LogP contribution in [0.4, 0.5) is 0 Å². The lowest BCUT2D eigenvalue weighted by Crippen LogP contribution is -2.50. The van der Waals surface area contributed by atoms with E-state index in [2.05, 4.69) is 35.6 Å². The number of carbonyl (C=O) groups is 1. The van der Waals surface area contributed by atoms with Crippen molar-refractivity contribution in [3.05, 3.63) is 35.9 Å². The van der Waals surface area contributed by atoms with Gasteiger partial charge in [0.25, 0.3) is 0 Å². The Morgan fingerprint density at radius 2 is 1.87 bits per heavy atom. The van der Waals surface area contributed by atoms with Gasteiger partial charge in [-0.3, -0.25) is 4.79 Å². The Labute approximate surface area is 144 Å². The van der Waals surface area contributed by atoms with Crippen LogP contribution in [0.25, 0.3) is 0 Å². The van der Waals surface area contributed by atoms with Gasteiger partial charge in [-0.05, 0) is 49.5 Å². The summed E-state index contributed by atoms with van der Waals surface area (Å²) in [6.07, 6.45) is 7.21. The molecule has 4 rings (SSSR count). The number of hydrogen-bond donors (Lipinski definition) is 2. The molecule has 3 aliphatic rings. The predicted octanol–water partition coefficient (Wildman–Crippen LogP) is 3.02. The summed E-state index contributed by atoms with van der Waals surface area (Å²) in [5.41, 5.74) is 7.84. The minimum atomic E-state index is 0. The van der Waals surface area contributed by atoms with Crippen LogP contribution in [0.3, 0.4) is 0 Å². The lowest BCUT2D eigenvalue weighted by Gasteiger charge is -2.43. The van der Waals surface area contributed by atoms with Crippen LogP contribution >= 0.6 is 12.4 Å². The maximum Gasteiger partial charge on any atom is 0.224 e. The first kappa shape index (κ1) is 16.8. The van der Waals surface area contributed by atoms with Gasteiger partial charge in [0, 0.05) is 18.0 Å². The summed E-state index contributed by atoms with van der Waals surface area (Å²) in [5, 5.41) is 3.26. The van der Waals surface area contributed by atoms with Gasteiger partial charge >= 0.3 is 0 Å². The van der Waals surface area contributed by atoms with Gasteiger partial charge in [0.1, 0.15) is 0 Å². The second kappa shape index (κ2) is 6.45. The highest BCUT2D eigenvalue weighted by Gasteiger charge is 2.49. The minimum absolute atomic E-state index is 0. The fourth-order valence-corrected chi connectivity index (χ4v) is 5.06. The van der Waals surface area contributed by atoms with Gasteiger partial charge < -0.3 is 11.1 Å². The van der Waals surface area contributed by atoms with Crippen LogP contribution in [0.2, 0.25) is 0 Å². The number of rotatable bonds is 4. The molecule has 1 aromatic carbocycles. The van der Waals surface area contributed by atoms with E-state index in [4.69, 9.17) is 5.73 Å². The van der Waals surface area contributed by atoms with Crippen molar-refractivity contribution in [1.82, 2.24) is 5.32 Å². The zero-order valence-corrected chi connectivity index (χ0v) is 14.4. The van der Waals surface area contributed by atoms with Crippen LogP contribution in [0.15, 0.2) is 30.3 Å². The molecule has 0 heterocycles. The summed E-state index contributed by atoms with van der Waals surface area (Å²) in [6, 6.07) is 10.8. The fraction of sp³-hybridized carbons (Fsp3) is 0.632. The molecule has 1 aromatic rings. The van der Waals surface area contributed by atoms with Crippen LogP contribution < -0.4 is 11.1 Å². The standard InChI is InChI=1S/C19H26N2O.ClH/c20-17-14-8-7-13(11-14)16(17)18(22)21-12-19(9-4-10-19)15-5-2-1-3-6-15;/h1-3,5-6,13-14,16-17H,4,7-12,20H2,(H,21,22);1H. The van der Waals surface area contributed by atoms with Gasteiger partial charge in [0.05, 0.1) is 5.92 Å². The first-order chi connectivity index (χ1) is 10.7. The molecule has 4 unspecified atom stereocenters. The Hall–Kier alpha value is -1.06. The van der Waals surface area contributed by atoms with E-state index < -0.39 is 0 Å². The van der Waals surface area contributed by atoms with Crippen molar-refractivity contribution < 1.29 is 4.79 Å². The van der Waals surface area contributed by atoms with Crippen LogP contribution in [-0.2, 0) is 10.2 Å². The van der Waals surface area contributed by atoms with E-state index in [-0.39, 0.29) is 35.7 Å². The SMILES string of the molecule is Cl.NC1C2CCC(C2)C1C(=O)NCC1(c2ccccc2)CCC1. The Kier molecular flexibility index (Phi) is 4.70. The van der Waals surface area contributed by atoms with Crippen molar-refractivity contribution in [2.24, 2.45) is 23.5 Å². The predicted molar refractivity (Wildman–Crippen MR) is 94.5 cm³/mol.